The Balaban J connectivity index is 1.63. The second kappa shape index (κ2) is 7.57. The van der Waals surface area contributed by atoms with Crippen LogP contribution in [0.4, 0.5) is 0 Å². The molecule has 5 nitrogen and oxygen atoms in total. The second-order valence-corrected chi connectivity index (χ2v) is 8.27. The van der Waals surface area contributed by atoms with E-state index in [1.807, 2.05) is 43.0 Å². The second-order valence-electron chi connectivity index (χ2n) is 7.83. The Morgan fingerprint density at radius 1 is 1.15 bits per heavy atom. The van der Waals surface area contributed by atoms with E-state index < -0.39 is 17.3 Å². The minimum absolute atomic E-state index is 0.0976. The molecule has 6 heteroatoms. The minimum Gasteiger partial charge on any atom is -0.481 e. The number of carboxylic acid groups (broad SMARTS) is 1. The average molecular weight is 380 g/mol. The fraction of sp³-hybridized carbons (Fsp3) is 0.600. The number of carboxylic acids is 1. The van der Waals surface area contributed by atoms with Gasteiger partial charge in [0.25, 0.3) is 0 Å². The van der Waals surface area contributed by atoms with Crippen molar-refractivity contribution < 1.29 is 19.4 Å². The number of halogens is 1. The Bertz CT molecular complexity index is 665. The van der Waals surface area contributed by atoms with Gasteiger partial charge in [0, 0.05) is 24.7 Å². The van der Waals surface area contributed by atoms with Crippen molar-refractivity contribution in [3.63, 3.8) is 0 Å². The summed E-state index contributed by atoms with van der Waals surface area (Å²) < 4.78 is 5.71. The van der Waals surface area contributed by atoms with E-state index >= 15 is 0 Å². The third-order valence-corrected chi connectivity index (χ3v) is 6.10. The van der Waals surface area contributed by atoms with Gasteiger partial charge >= 0.3 is 5.97 Å². The molecule has 3 rings (SSSR count). The summed E-state index contributed by atoms with van der Waals surface area (Å²) in [7, 11) is 0. The maximum Gasteiger partial charge on any atom is 0.309 e. The maximum absolute atomic E-state index is 13.1. The van der Waals surface area contributed by atoms with E-state index in [-0.39, 0.29) is 17.9 Å². The first-order valence-electron chi connectivity index (χ1n) is 9.20. The number of ether oxygens (including phenoxy) is 1. The first-order chi connectivity index (χ1) is 12.3. The number of rotatable bonds is 4. The molecular formula is C20H26ClNO4. The van der Waals surface area contributed by atoms with E-state index in [0.717, 1.165) is 18.4 Å². The van der Waals surface area contributed by atoms with Gasteiger partial charge in [-0.1, -0.05) is 23.7 Å². The molecule has 0 saturated carbocycles. The van der Waals surface area contributed by atoms with E-state index in [9.17, 15) is 14.7 Å². The zero-order valence-electron chi connectivity index (χ0n) is 15.3. The highest BCUT2D eigenvalue weighted by Gasteiger charge is 2.42. The van der Waals surface area contributed by atoms with Gasteiger partial charge in [-0.25, -0.2) is 0 Å². The molecule has 2 aliphatic rings. The molecule has 1 N–H and O–H groups in total. The summed E-state index contributed by atoms with van der Waals surface area (Å²) in [6.45, 7) is 5.68. The number of aliphatic carboxylic acids is 1. The standard InChI is InChI=1S/C20H26ClNO4/c1-20(2,14-3-5-15(21)6-4-14)19(25)22-10-7-13(8-11-22)17-16(18(23)24)9-12-26-17/h3-6,13,16-17H,7-12H2,1-2H3,(H,23,24)/t16?,17-/m0/s1. The fourth-order valence-electron chi connectivity index (χ4n) is 4.16. The molecule has 2 heterocycles. The van der Waals surface area contributed by atoms with Crippen molar-refractivity contribution in [3.05, 3.63) is 34.9 Å². The zero-order valence-corrected chi connectivity index (χ0v) is 16.0. The van der Waals surface area contributed by atoms with Crippen molar-refractivity contribution >= 4 is 23.5 Å². The van der Waals surface area contributed by atoms with E-state index in [4.69, 9.17) is 16.3 Å². The van der Waals surface area contributed by atoms with Crippen LogP contribution in [0.15, 0.2) is 24.3 Å². The summed E-state index contributed by atoms with van der Waals surface area (Å²) in [5.41, 5.74) is 0.323. The molecule has 2 saturated heterocycles. The predicted molar refractivity (Wildman–Crippen MR) is 99.3 cm³/mol. The molecule has 1 unspecified atom stereocenters. The van der Waals surface area contributed by atoms with Crippen molar-refractivity contribution in [2.75, 3.05) is 19.7 Å². The van der Waals surface area contributed by atoms with Crippen LogP contribution in [-0.4, -0.2) is 47.7 Å². The zero-order chi connectivity index (χ0) is 18.9. The molecule has 1 aromatic rings. The van der Waals surface area contributed by atoms with Crippen molar-refractivity contribution in [3.8, 4) is 0 Å². The van der Waals surface area contributed by atoms with Crippen molar-refractivity contribution in [1.29, 1.82) is 0 Å². The molecule has 0 spiro atoms. The van der Waals surface area contributed by atoms with Crippen molar-refractivity contribution in [1.82, 2.24) is 4.90 Å². The molecule has 2 atom stereocenters. The molecule has 1 aromatic carbocycles. The molecular weight excluding hydrogens is 354 g/mol. The third kappa shape index (κ3) is 3.74. The van der Waals surface area contributed by atoms with E-state index in [1.165, 1.54) is 0 Å². The van der Waals surface area contributed by atoms with Gasteiger partial charge in [0.1, 0.15) is 0 Å². The summed E-state index contributed by atoms with van der Waals surface area (Å²) in [5, 5.41) is 10.0. The van der Waals surface area contributed by atoms with Gasteiger partial charge in [-0.15, -0.1) is 0 Å². The summed E-state index contributed by atoms with van der Waals surface area (Å²) in [6, 6.07) is 7.41. The van der Waals surface area contributed by atoms with Crippen LogP contribution in [0.3, 0.4) is 0 Å². The van der Waals surface area contributed by atoms with Gasteiger partial charge in [0.05, 0.1) is 17.4 Å². The molecule has 0 aromatic heterocycles. The molecule has 0 radical (unpaired) electrons. The Labute approximate surface area is 159 Å². The van der Waals surface area contributed by atoms with Crippen LogP contribution >= 0.6 is 11.6 Å². The van der Waals surface area contributed by atoms with Crippen molar-refractivity contribution in [2.45, 2.75) is 44.6 Å². The first-order valence-corrected chi connectivity index (χ1v) is 9.58. The molecule has 0 bridgehead atoms. The van der Waals surface area contributed by atoms with Crippen LogP contribution in [0, 0.1) is 11.8 Å². The minimum atomic E-state index is -0.769. The van der Waals surface area contributed by atoms with Gasteiger partial charge in [-0.2, -0.15) is 0 Å². The molecule has 142 valence electrons. The van der Waals surface area contributed by atoms with Crippen LogP contribution in [0.5, 0.6) is 0 Å². The molecule has 2 aliphatic heterocycles. The topological polar surface area (TPSA) is 66.8 Å². The average Bonchev–Trinajstić information content (AvgIpc) is 3.11. The highest BCUT2D eigenvalue weighted by molar-refractivity contribution is 6.30. The van der Waals surface area contributed by atoms with Gasteiger partial charge in [-0.3, -0.25) is 9.59 Å². The quantitative estimate of drug-likeness (QED) is 0.871. The van der Waals surface area contributed by atoms with E-state index in [2.05, 4.69) is 0 Å². The molecule has 0 aliphatic carbocycles. The van der Waals surface area contributed by atoms with Crippen LogP contribution in [-0.2, 0) is 19.7 Å². The highest BCUT2D eigenvalue weighted by atomic mass is 35.5. The Morgan fingerprint density at radius 3 is 2.35 bits per heavy atom. The first kappa shape index (κ1) is 19.2. The molecule has 1 amide bonds. The van der Waals surface area contributed by atoms with E-state index in [0.29, 0.717) is 31.1 Å². The Morgan fingerprint density at radius 2 is 1.77 bits per heavy atom. The number of benzene rings is 1. The van der Waals surface area contributed by atoms with Gasteiger partial charge in [-0.05, 0) is 56.7 Å². The summed E-state index contributed by atoms with van der Waals surface area (Å²) in [6.07, 6.45) is 1.95. The number of nitrogens with zero attached hydrogens (tertiary/aromatic N) is 1. The lowest BCUT2D eigenvalue weighted by Gasteiger charge is -2.39. The summed E-state index contributed by atoms with van der Waals surface area (Å²) in [4.78, 5) is 26.4. The lowest BCUT2D eigenvalue weighted by molar-refractivity contribution is -0.146. The number of hydrogen-bond acceptors (Lipinski definition) is 3. The number of amides is 1. The molecule has 26 heavy (non-hydrogen) atoms. The van der Waals surface area contributed by atoms with Crippen LogP contribution in [0.25, 0.3) is 0 Å². The van der Waals surface area contributed by atoms with Crippen molar-refractivity contribution in [2.24, 2.45) is 11.8 Å². The summed E-state index contributed by atoms with van der Waals surface area (Å²) in [5.74, 6) is -0.871. The number of piperidine rings is 1. The number of carbonyl (C=O) groups excluding carboxylic acids is 1. The lowest BCUT2D eigenvalue weighted by atomic mass is 9.80. The third-order valence-electron chi connectivity index (χ3n) is 5.84. The Kier molecular flexibility index (Phi) is 5.58. The normalized spacial score (nSPS) is 24.7. The number of hydrogen-bond donors (Lipinski definition) is 1. The summed E-state index contributed by atoms with van der Waals surface area (Å²) >= 11 is 5.95. The number of carbonyl (C=O) groups is 2. The maximum atomic E-state index is 13.1. The van der Waals surface area contributed by atoms with Gasteiger partial charge < -0.3 is 14.7 Å². The smallest absolute Gasteiger partial charge is 0.309 e. The largest absolute Gasteiger partial charge is 0.481 e. The predicted octanol–water partition coefficient (Wildman–Crippen LogP) is 3.35. The van der Waals surface area contributed by atoms with Gasteiger partial charge in [0.15, 0.2) is 0 Å². The SMILES string of the molecule is CC(C)(C(=O)N1CCC([C@@H]2OCCC2C(=O)O)CC1)c1ccc(Cl)cc1. The van der Waals surface area contributed by atoms with Crippen LogP contribution in [0.2, 0.25) is 5.02 Å². The number of likely N-dealkylation sites (tertiary alicyclic amines) is 1. The van der Waals surface area contributed by atoms with E-state index in [1.54, 1.807) is 0 Å². The fourth-order valence-corrected chi connectivity index (χ4v) is 4.28. The molecule has 2 fully saturated rings. The highest BCUT2D eigenvalue weighted by Crippen LogP contribution is 2.35. The van der Waals surface area contributed by atoms with Crippen LogP contribution < -0.4 is 0 Å². The monoisotopic (exact) mass is 379 g/mol. The van der Waals surface area contributed by atoms with Crippen LogP contribution in [0.1, 0.15) is 38.7 Å². The van der Waals surface area contributed by atoms with Gasteiger partial charge in [0.2, 0.25) is 5.91 Å². The lowest BCUT2D eigenvalue weighted by Crippen LogP contribution is -2.49. The Hall–Kier alpha value is -1.59.